The number of aliphatic imine (C=N–C) groups is 1. The Kier molecular flexibility index (Phi) is 6.91. The van der Waals surface area contributed by atoms with Crippen LogP contribution < -0.4 is 15.8 Å². The number of aromatic nitrogens is 1. The van der Waals surface area contributed by atoms with Gasteiger partial charge in [0, 0.05) is 37.6 Å². The first kappa shape index (κ1) is 19.4. The molecule has 4 N–H and O–H groups in total. The Balaban J connectivity index is 1.84. The van der Waals surface area contributed by atoms with Crippen LogP contribution in [0.25, 0.3) is 0 Å². The monoisotopic (exact) mass is 381 g/mol. The predicted octanol–water partition coefficient (Wildman–Crippen LogP) is 1.26. The van der Waals surface area contributed by atoms with E-state index in [4.69, 9.17) is 5.14 Å². The fraction of sp³-hybridized carbons (Fsp3) is 0.375. The van der Waals surface area contributed by atoms with Crippen molar-refractivity contribution in [3.63, 3.8) is 0 Å². The normalized spacial score (nSPS) is 12.2. The summed E-state index contributed by atoms with van der Waals surface area (Å²) < 4.78 is 22.8. The Morgan fingerprint density at radius 3 is 2.80 bits per heavy atom. The minimum atomic E-state index is -3.69. The van der Waals surface area contributed by atoms with Gasteiger partial charge in [-0.15, -0.1) is 11.3 Å². The van der Waals surface area contributed by atoms with Gasteiger partial charge in [0.25, 0.3) is 0 Å². The van der Waals surface area contributed by atoms with Crippen molar-refractivity contribution in [2.24, 2.45) is 10.1 Å². The van der Waals surface area contributed by atoms with Crippen LogP contribution in [0.3, 0.4) is 0 Å². The van der Waals surface area contributed by atoms with Gasteiger partial charge in [0.05, 0.1) is 9.90 Å². The molecule has 2 aromatic rings. The van der Waals surface area contributed by atoms with Gasteiger partial charge in [-0.05, 0) is 24.1 Å². The molecule has 0 spiro atoms. The average molecular weight is 382 g/mol. The van der Waals surface area contributed by atoms with Crippen LogP contribution in [0.15, 0.2) is 40.4 Å². The first-order valence-corrected chi connectivity index (χ1v) is 10.3. The van der Waals surface area contributed by atoms with Gasteiger partial charge in [0.2, 0.25) is 10.0 Å². The van der Waals surface area contributed by atoms with Crippen LogP contribution in [0.1, 0.15) is 22.4 Å². The fourth-order valence-corrected chi connectivity index (χ4v) is 3.60. The van der Waals surface area contributed by atoms with E-state index >= 15 is 0 Å². The SMILES string of the molecule is CCc1cnc(CCNC(=NC)NCc2cccc(S(N)(=O)=O)c2)s1. The topological polar surface area (TPSA) is 109 Å². The van der Waals surface area contributed by atoms with Gasteiger partial charge in [-0.2, -0.15) is 0 Å². The Hall–Kier alpha value is -1.97. The highest BCUT2D eigenvalue weighted by Crippen LogP contribution is 2.13. The molecule has 2 rings (SSSR count). The third-order valence-corrected chi connectivity index (χ3v) is 5.60. The van der Waals surface area contributed by atoms with Gasteiger partial charge in [-0.1, -0.05) is 19.1 Å². The first-order valence-electron chi connectivity index (χ1n) is 7.92. The van der Waals surface area contributed by atoms with Gasteiger partial charge in [0.1, 0.15) is 0 Å². The molecule has 1 aromatic heterocycles. The number of nitrogens with two attached hydrogens (primary N) is 1. The third-order valence-electron chi connectivity index (χ3n) is 3.49. The standard InChI is InChI=1S/C16H23N5O2S2/c1-3-13-11-20-15(24-13)7-8-19-16(18-2)21-10-12-5-4-6-14(9-12)25(17,22)23/h4-6,9,11H,3,7-8,10H2,1-2H3,(H2,17,22,23)(H2,18,19,21). The van der Waals surface area contributed by atoms with Gasteiger partial charge in [-0.25, -0.2) is 18.5 Å². The molecular weight excluding hydrogens is 358 g/mol. The summed E-state index contributed by atoms with van der Waals surface area (Å²) in [5, 5.41) is 12.6. The molecule has 25 heavy (non-hydrogen) atoms. The molecule has 1 aromatic carbocycles. The van der Waals surface area contributed by atoms with E-state index in [1.165, 1.54) is 10.9 Å². The third kappa shape index (κ3) is 6.11. The van der Waals surface area contributed by atoms with Crippen molar-refractivity contribution in [1.29, 1.82) is 0 Å². The maximum atomic E-state index is 11.4. The molecule has 0 saturated carbocycles. The number of rotatable bonds is 7. The Bertz CT molecular complexity index is 831. The zero-order valence-corrected chi connectivity index (χ0v) is 16.0. The van der Waals surface area contributed by atoms with E-state index in [0.29, 0.717) is 19.0 Å². The zero-order chi connectivity index (χ0) is 18.3. The number of aryl methyl sites for hydroxylation is 1. The maximum absolute atomic E-state index is 11.4. The van der Waals surface area contributed by atoms with Crippen molar-refractivity contribution in [3.8, 4) is 0 Å². The minimum absolute atomic E-state index is 0.102. The van der Waals surface area contributed by atoms with Gasteiger partial charge < -0.3 is 10.6 Å². The van der Waals surface area contributed by atoms with E-state index in [2.05, 4.69) is 27.5 Å². The summed E-state index contributed by atoms with van der Waals surface area (Å²) in [5.41, 5.74) is 0.807. The summed E-state index contributed by atoms with van der Waals surface area (Å²) in [5.74, 6) is 0.647. The van der Waals surface area contributed by atoms with Crippen molar-refractivity contribution in [2.45, 2.75) is 31.2 Å². The fourth-order valence-electron chi connectivity index (χ4n) is 2.15. The van der Waals surface area contributed by atoms with E-state index in [1.54, 1.807) is 30.5 Å². The van der Waals surface area contributed by atoms with Gasteiger partial charge >= 0.3 is 0 Å². The first-order chi connectivity index (χ1) is 11.9. The molecule has 0 bridgehead atoms. The molecule has 1 heterocycles. The van der Waals surface area contributed by atoms with Crippen LogP contribution in [-0.2, 0) is 29.4 Å². The molecule has 0 atom stereocenters. The number of nitrogens with one attached hydrogen (secondary N) is 2. The summed E-state index contributed by atoms with van der Waals surface area (Å²) in [6, 6.07) is 6.53. The van der Waals surface area contributed by atoms with Crippen LogP contribution in [0, 0.1) is 0 Å². The summed E-state index contributed by atoms with van der Waals surface area (Å²) in [6.45, 7) is 3.28. The number of guanidine groups is 1. The molecule has 0 fully saturated rings. The molecule has 0 radical (unpaired) electrons. The molecule has 0 aliphatic heterocycles. The maximum Gasteiger partial charge on any atom is 0.238 e. The van der Waals surface area contributed by atoms with Crippen LogP contribution in [-0.4, -0.2) is 33.0 Å². The average Bonchev–Trinajstić information content (AvgIpc) is 3.05. The summed E-state index contributed by atoms with van der Waals surface area (Å²) in [7, 11) is -2.00. The predicted molar refractivity (Wildman–Crippen MR) is 101 cm³/mol. The highest BCUT2D eigenvalue weighted by Gasteiger charge is 2.08. The summed E-state index contributed by atoms with van der Waals surface area (Å²) in [6.07, 6.45) is 3.75. The Morgan fingerprint density at radius 1 is 1.36 bits per heavy atom. The Morgan fingerprint density at radius 2 is 2.16 bits per heavy atom. The van der Waals surface area contributed by atoms with E-state index in [1.807, 2.05) is 12.3 Å². The molecule has 0 saturated heterocycles. The van der Waals surface area contributed by atoms with Crippen LogP contribution in [0.5, 0.6) is 0 Å². The van der Waals surface area contributed by atoms with E-state index in [9.17, 15) is 8.42 Å². The molecule has 0 aliphatic rings. The van der Waals surface area contributed by atoms with Crippen LogP contribution in [0.4, 0.5) is 0 Å². The second kappa shape index (κ2) is 8.93. The van der Waals surface area contributed by atoms with Gasteiger partial charge in [0.15, 0.2) is 5.96 Å². The smallest absolute Gasteiger partial charge is 0.238 e. The molecule has 0 unspecified atom stereocenters. The molecule has 9 heteroatoms. The van der Waals surface area contributed by atoms with Crippen molar-refractivity contribution < 1.29 is 8.42 Å². The number of thiazole rings is 1. The lowest BCUT2D eigenvalue weighted by atomic mass is 10.2. The number of hydrogen-bond donors (Lipinski definition) is 3. The van der Waals surface area contributed by atoms with Crippen LogP contribution in [0.2, 0.25) is 0 Å². The van der Waals surface area contributed by atoms with E-state index in [-0.39, 0.29) is 4.90 Å². The molecule has 136 valence electrons. The largest absolute Gasteiger partial charge is 0.356 e. The molecular formula is C16H23N5O2S2. The van der Waals surface area contributed by atoms with Crippen molar-refractivity contribution in [3.05, 3.63) is 45.9 Å². The highest BCUT2D eigenvalue weighted by molar-refractivity contribution is 7.89. The van der Waals surface area contributed by atoms with Crippen molar-refractivity contribution in [1.82, 2.24) is 15.6 Å². The summed E-state index contributed by atoms with van der Waals surface area (Å²) >= 11 is 1.73. The minimum Gasteiger partial charge on any atom is -0.356 e. The van der Waals surface area contributed by atoms with Gasteiger partial charge in [-0.3, -0.25) is 4.99 Å². The Labute approximate surface area is 152 Å². The molecule has 0 aliphatic carbocycles. The lowest BCUT2D eigenvalue weighted by Crippen LogP contribution is -2.37. The second-order valence-electron chi connectivity index (χ2n) is 5.37. The van der Waals surface area contributed by atoms with E-state index < -0.39 is 10.0 Å². The van der Waals surface area contributed by atoms with E-state index in [0.717, 1.165) is 23.4 Å². The quantitative estimate of drug-likeness (QED) is 0.494. The molecule has 0 amide bonds. The number of hydrogen-bond acceptors (Lipinski definition) is 5. The van der Waals surface area contributed by atoms with Crippen LogP contribution >= 0.6 is 11.3 Å². The number of primary sulfonamides is 1. The summed E-state index contributed by atoms with van der Waals surface area (Å²) in [4.78, 5) is 9.93. The highest BCUT2D eigenvalue weighted by atomic mass is 32.2. The van der Waals surface area contributed by atoms with Crippen molar-refractivity contribution >= 4 is 27.3 Å². The lowest BCUT2D eigenvalue weighted by Gasteiger charge is -2.12. The lowest BCUT2D eigenvalue weighted by molar-refractivity contribution is 0.597. The molecule has 7 nitrogen and oxygen atoms in total. The number of sulfonamides is 1. The zero-order valence-electron chi connectivity index (χ0n) is 14.3. The second-order valence-corrected chi connectivity index (χ2v) is 8.13. The number of benzene rings is 1. The number of nitrogens with zero attached hydrogens (tertiary/aromatic N) is 2. The van der Waals surface area contributed by atoms with Crippen molar-refractivity contribution in [2.75, 3.05) is 13.6 Å².